The summed E-state index contributed by atoms with van der Waals surface area (Å²) in [5, 5.41) is 0. The molecule has 2 atom stereocenters. The van der Waals surface area contributed by atoms with Crippen LogP contribution in [0.5, 0.6) is 5.75 Å². The molecule has 2 N–H and O–H groups in total. The van der Waals surface area contributed by atoms with Crippen LogP contribution in [0.2, 0.25) is 0 Å². The summed E-state index contributed by atoms with van der Waals surface area (Å²) < 4.78 is 11.3. The molecule has 94 valence electrons. The second kappa shape index (κ2) is 5.52. The summed E-state index contributed by atoms with van der Waals surface area (Å²) in [7, 11) is 0. The van der Waals surface area contributed by atoms with E-state index < -0.39 is 0 Å². The van der Waals surface area contributed by atoms with Gasteiger partial charge in [0.05, 0.1) is 19.3 Å². The van der Waals surface area contributed by atoms with Gasteiger partial charge < -0.3 is 15.2 Å². The Balaban J connectivity index is 1.93. The second-order valence-corrected chi connectivity index (χ2v) is 4.93. The molecule has 2 unspecified atom stereocenters. The van der Waals surface area contributed by atoms with Crippen LogP contribution >= 0.6 is 0 Å². The highest BCUT2D eigenvalue weighted by molar-refractivity contribution is 5.35. The Morgan fingerprint density at radius 1 is 1.41 bits per heavy atom. The Labute approximate surface area is 103 Å². The third-order valence-corrected chi connectivity index (χ3v) is 3.14. The van der Waals surface area contributed by atoms with Gasteiger partial charge in [0.25, 0.3) is 0 Å². The number of hydrogen-bond acceptors (Lipinski definition) is 3. The highest BCUT2D eigenvalue weighted by atomic mass is 16.5. The topological polar surface area (TPSA) is 44.5 Å². The maximum absolute atomic E-state index is 6.15. The summed E-state index contributed by atoms with van der Waals surface area (Å²) in [5.41, 5.74) is 7.40. The monoisotopic (exact) mass is 235 g/mol. The van der Waals surface area contributed by atoms with Gasteiger partial charge in [-0.3, -0.25) is 0 Å². The normalized spacial score (nSPS) is 20.8. The molecule has 0 radical (unpaired) electrons. The zero-order valence-corrected chi connectivity index (χ0v) is 10.6. The lowest BCUT2D eigenvalue weighted by molar-refractivity contribution is 0.0480. The van der Waals surface area contributed by atoms with E-state index in [1.807, 2.05) is 32.0 Å². The van der Waals surface area contributed by atoms with Gasteiger partial charge in [-0.1, -0.05) is 18.2 Å². The van der Waals surface area contributed by atoms with Gasteiger partial charge in [-0.2, -0.15) is 0 Å². The number of benzene rings is 1. The maximum Gasteiger partial charge on any atom is 0.122 e. The smallest absolute Gasteiger partial charge is 0.122 e. The maximum atomic E-state index is 6.15. The van der Waals surface area contributed by atoms with Crippen LogP contribution in [-0.2, 0) is 11.2 Å². The minimum atomic E-state index is 0.0470. The van der Waals surface area contributed by atoms with Crippen molar-refractivity contribution in [2.45, 2.75) is 32.4 Å². The molecule has 0 saturated heterocycles. The molecule has 1 heterocycles. The first-order chi connectivity index (χ1) is 8.16. The summed E-state index contributed by atoms with van der Waals surface area (Å²) in [6, 6.07) is 8.21. The van der Waals surface area contributed by atoms with Crippen molar-refractivity contribution in [1.29, 1.82) is 0 Å². The summed E-state index contributed by atoms with van der Waals surface area (Å²) in [5.74, 6) is 1.35. The molecule has 1 aliphatic rings. The molecule has 3 nitrogen and oxygen atoms in total. The van der Waals surface area contributed by atoms with E-state index in [0.29, 0.717) is 19.1 Å². The van der Waals surface area contributed by atoms with E-state index >= 15 is 0 Å². The molecule has 1 aliphatic heterocycles. The Hall–Kier alpha value is -1.06. The molecule has 17 heavy (non-hydrogen) atoms. The van der Waals surface area contributed by atoms with Gasteiger partial charge in [-0.05, 0) is 31.9 Å². The van der Waals surface area contributed by atoms with Crippen molar-refractivity contribution >= 4 is 0 Å². The third-order valence-electron chi connectivity index (χ3n) is 3.14. The third kappa shape index (κ3) is 3.20. The van der Waals surface area contributed by atoms with E-state index in [2.05, 4.69) is 6.07 Å². The van der Waals surface area contributed by atoms with Crippen LogP contribution < -0.4 is 10.5 Å². The average Bonchev–Trinajstić information content (AvgIpc) is 2.35. The van der Waals surface area contributed by atoms with Crippen LogP contribution in [0.1, 0.15) is 19.4 Å². The minimum absolute atomic E-state index is 0.0470. The number of rotatable bonds is 4. The Morgan fingerprint density at radius 2 is 2.18 bits per heavy atom. The van der Waals surface area contributed by atoms with Crippen molar-refractivity contribution in [1.82, 2.24) is 0 Å². The Morgan fingerprint density at radius 3 is 2.94 bits per heavy atom. The van der Waals surface area contributed by atoms with Crippen LogP contribution in [0.25, 0.3) is 0 Å². The lowest BCUT2D eigenvalue weighted by Crippen LogP contribution is -2.41. The van der Waals surface area contributed by atoms with Crippen LogP contribution in [-0.4, -0.2) is 25.4 Å². The van der Waals surface area contributed by atoms with E-state index in [4.69, 9.17) is 15.2 Å². The van der Waals surface area contributed by atoms with E-state index in [9.17, 15) is 0 Å². The number of ether oxygens (including phenoxy) is 2. The molecule has 1 aromatic rings. The second-order valence-electron chi connectivity index (χ2n) is 4.93. The molecular formula is C14H21NO2. The van der Waals surface area contributed by atoms with Crippen molar-refractivity contribution in [3.63, 3.8) is 0 Å². The summed E-state index contributed by atoms with van der Waals surface area (Å²) in [6.45, 7) is 5.35. The SMILES string of the molecule is CC(C)OCC(N)C1COc2ccccc2C1. The van der Waals surface area contributed by atoms with Gasteiger partial charge in [0.15, 0.2) is 0 Å². The van der Waals surface area contributed by atoms with E-state index in [1.165, 1.54) is 5.56 Å². The first-order valence-electron chi connectivity index (χ1n) is 6.24. The number of fused-ring (bicyclic) bond motifs is 1. The number of nitrogens with two attached hydrogens (primary N) is 1. The van der Waals surface area contributed by atoms with Crippen LogP contribution in [0.4, 0.5) is 0 Å². The highest BCUT2D eigenvalue weighted by Crippen LogP contribution is 2.27. The predicted octanol–water partition coefficient (Wildman–Crippen LogP) is 1.99. The lowest BCUT2D eigenvalue weighted by atomic mass is 9.91. The number of hydrogen-bond donors (Lipinski definition) is 1. The van der Waals surface area contributed by atoms with Gasteiger partial charge in [0, 0.05) is 12.0 Å². The molecule has 3 heteroatoms. The minimum Gasteiger partial charge on any atom is -0.493 e. The van der Waals surface area contributed by atoms with Crippen molar-refractivity contribution in [3.8, 4) is 5.75 Å². The van der Waals surface area contributed by atoms with Crippen LogP contribution in [0.3, 0.4) is 0 Å². The van der Waals surface area contributed by atoms with Gasteiger partial charge in [0.2, 0.25) is 0 Å². The molecule has 0 aromatic heterocycles. The van der Waals surface area contributed by atoms with Crippen LogP contribution in [0.15, 0.2) is 24.3 Å². The Kier molecular flexibility index (Phi) is 4.02. The molecule has 0 amide bonds. The standard InChI is InChI=1S/C14H21NO2/c1-10(2)16-9-13(15)12-7-11-5-3-4-6-14(11)17-8-12/h3-6,10,12-13H,7-9,15H2,1-2H3. The van der Waals surface area contributed by atoms with Crippen molar-refractivity contribution < 1.29 is 9.47 Å². The highest BCUT2D eigenvalue weighted by Gasteiger charge is 2.25. The summed E-state index contributed by atoms with van der Waals surface area (Å²) in [6.07, 6.45) is 1.22. The lowest BCUT2D eigenvalue weighted by Gasteiger charge is -2.29. The van der Waals surface area contributed by atoms with Crippen molar-refractivity contribution in [3.05, 3.63) is 29.8 Å². The molecule has 0 fully saturated rings. The molecular weight excluding hydrogens is 214 g/mol. The molecule has 0 spiro atoms. The quantitative estimate of drug-likeness (QED) is 0.868. The van der Waals surface area contributed by atoms with Gasteiger partial charge in [0.1, 0.15) is 5.75 Å². The van der Waals surface area contributed by atoms with E-state index in [-0.39, 0.29) is 12.1 Å². The molecule has 2 rings (SSSR count). The first kappa shape index (κ1) is 12.4. The summed E-state index contributed by atoms with van der Waals surface area (Å²) >= 11 is 0. The average molecular weight is 235 g/mol. The Bertz CT molecular complexity index is 365. The zero-order chi connectivity index (χ0) is 12.3. The fraction of sp³-hybridized carbons (Fsp3) is 0.571. The van der Waals surface area contributed by atoms with E-state index in [1.54, 1.807) is 0 Å². The fourth-order valence-electron chi connectivity index (χ4n) is 2.07. The van der Waals surface area contributed by atoms with Gasteiger partial charge >= 0.3 is 0 Å². The summed E-state index contributed by atoms with van der Waals surface area (Å²) in [4.78, 5) is 0. The molecule has 0 bridgehead atoms. The van der Waals surface area contributed by atoms with Gasteiger partial charge in [-0.25, -0.2) is 0 Å². The fourth-order valence-corrected chi connectivity index (χ4v) is 2.07. The zero-order valence-electron chi connectivity index (χ0n) is 10.6. The predicted molar refractivity (Wildman–Crippen MR) is 68.2 cm³/mol. The molecule has 0 aliphatic carbocycles. The van der Waals surface area contributed by atoms with Gasteiger partial charge in [-0.15, -0.1) is 0 Å². The molecule has 1 aromatic carbocycles. The van der Waals surface area contributed by atoms with Crippen LogP contribution in [0, 0.1) is 5.92 Å². The number of para-hydroxylation sites is 1. The molecule has 0 saturated carbocycles. The van der Waals surface area contributed by atoms with E-state index in [0.717, 1.165) is 12.2 Å². The first-order valence-corrected chi connectivity index (χ1v) is 6.24. The van der Waals surface area contributed by atoms with Crippen molar-refractivity contribution in [2.24, 2.45) is 11.7 Å². The largest absolute Gasteiger partial charge is 0.493 e. The van der Waals surface area contributed by atoms with Crippen molar-refractivity contribution in [2.75, 3.05) is 13.2 Å².